The van der Waals surface area contributed by atoms with E-state index in [1.165, 1.54) is 0 Å². The lowest BCUT2D eigenvalue weighted by molar-refractivity contribution is -0.145. The first kappa shape index (κ1) is 23.2. The van der Waals surface area contributed by atoms with E-state index in [0.29, 0.717) is 22.9 Å². The van der Waals surface area contributed by atoms with Crippen LogP contribution in [0.25, 0.3) is 16.4 Å². The number of amides is 2. The first-order valence-corrected chi connectivity index (χ1v) is 13.4. The summed E-state index contributed by atoms with van der Waals surface area (Å²) in [5, 5.41) is 13.1. The van der Waals surface area contributed by atoms with Crippen molar-refractivity contribution >= 4 is 33.9 Å². The van der Waals surface area contributed by atoms with Crippen LogP contribution in [0.1, 0.15) is 62.4 Å². The van der Waals surface area contributed by atoms with Crippen molar-refractivity contribution in [2.24, 2.45) is 11.3 Å². The molecule has 38 heavy (non-hydrogen) atoms. The fourth-order valence-corrected chi connectivity index (χ4v) is 6.34. The standard InChI is InChI=1S/C28H31N7O3/c1-17-11-28(14-33(15-28)18(2)36)7-5-24(17)34-13-19-9-21(26(10-22(19)32-34)38-20-3-4-20)27(37)31-23-12-30-35-16-29-8-6-25(23)35/h6,8-10,12-13,16-17,20,24H,3-5,7,11,14-15H2,1-2H3,(H,31,37)/t17-,24+/m0/s1. The van der Waals surface area contributed by atoms with Crippen molar-refractivity contribution in [2.75, 3.05) is 18.4 Å². The van der Waals surface area contributed by atoms with Gasteiger partial charge in [-0.15, -0.1) is 0 Å². The van der Waals surface area contributed by atoms with Crippen molar-refractivity contribution in [1.29, 1.82) is 0 Å². The van der Waals surface area contributed by atoms with Gasteiger partial charge in [-0.3, -0.25) is 14.3 Å². The zero-order valence-corrected chi connectivity index (χ0v) is 21.6. The van der Waals surface area contributed by atoms with Crippen molar-refractivity contribution in [3.8, 4) is 5.75 Å². The number of ether oxygens (including phenoxy) is 1. The quantitative estimate of drug-likeness (QED) is 0.431. The molecular formula is C28H31N7O3. The van der Waals surface area contributed by atoms with Gasteiger partial charge in [0.2, 0.25) is 5.91 Å². The van der Waals surface area contributed by atoms with Crippen LogP contribution in [-0.2, 0) is 4.79 Å². The third-order valence-corrected chi connectivity index (χ3v) is 8.48. The highest BCUT2D eigenvalue weighted by molar-refractivity contribution is 6.09. The molecule has 10 nitrogen and oxygen atoms in total. The molecule has 0 radical (unpaired) electrons. The Labute approximate surface area is 220 Å². The Morgan fingerprint density at radius 1 is 1.18 bits per heavy atom. The molecule has 1 aromatic carbocycles. The largest absolute Gasteiger partial charge is 0.490 e. The summed E-state index contributed by atoms with van der Waals surface area (Å²) < 4.78 is 9.89. The fraction of sp³-hybridized carbons (Fsp3) is 0.464. The van der Waals surface area contributed by atoms with Gasteiger partial charge < -0.3 is 15.0 Å². The minimum Gasteiger partial charge on any atom is -0.490 e. The van der Waals surface area contributed by atoms with Gasteiger partial charge in [-0.05, 0) is 50.2 Å². The molecule has 0 bridgehead atoms. The molecule has 4 aromatic rings. The van der Waals surface area contributed by atoms with Crippen LogP contribution in [-0.4, -0.2) is 60.3 Å². The molecule has 3 aromatic heterocycles. The lowest BCUT2D eigenvalue weighted by Crippen LogP contribution is -2.60. The molecule has 1 saturated heterocycles. The normalized spacial score (nSPS) is 22.5. The van der Waals surface area contributed by atoms with Crippen molar-refractivity contribution in [3.05, 3.63) is 48.7 Å². The fourth-order valence-electron chi connectivity index (χ4n) is 6.34. The lowest BCUT2D eigenvalue weighted by Gasteiger charge is -2.55. The van der Waals surface area contributed by atoms with Gasteiger partial charge in [0, 0.05) is 49.3 Å². The van der Waals surface area contributed by atoms with Crippen molar-refractivity contribution < 1.29 is 14.3 Å². The number of nitrogens with zero attached hydrogens (tertiary/aromatic N) is 6. The number of likely N-dealkylation sites (tertiary alicyclic amines) is 1. The van der Waals surface area contributed by atoms with E-state index in [9.17, 15) is 9.59 Å². The van der Waals surface area contributed by atoms with Crippen molar-refractivity contribution in [1.82, 2.24) is 29.3 Å². The first-order valence-electron chi connectivity index (χ1n) is 13.4. The zero-order valence-electron chi connectivity index (χ0n) is 21.6. The summed E-state index contributed by atoms with van der Waals surface area (Å²) >= 11 is 0. The molecule has 2 amide bonds. The van der Waals surface area contributed by atoms with Gasteiger partial charge in [0.25, 0.3) is 5.91 Å². The van der Waals surface area contributed by atoms with Crippen LogP contribution < -0.4 is 10.1 Å². The maximum atomic E-state index is 13.5. The summed E-state index contributed by atoms with van der Waals surface area (Å²) in [5.41, 5.74) is 2.98. The topological polar surface area (TPSA) is 107 Å². The summed E-state index contributed by atoms with van der Waals surface area (Å²) in [5.74, 6) is 0.943. The summed E-state index contributed by atoms with van der Waals surface area (Å²) in [4.78, 5) is 31.2. The maximum absolute atomic E-state index is 13.5. The van der Waals surface area contributed by atoms with Gasteiger partial charge in [-0.2, -0.15) is 10.2 Å². The van der Waals surface area contributed by atoms with E-state index >= 15 is 0 Å². The highest BCUT2D eigenvalue weighted by atomic mass is 16.5. The minimum absolute atomic E-state index is 0.149. The van der Waals surface area contributed by atoms with Crippen LogP contribution in [0.4, 0.5) is 5.69 Å². The predicted molar refractivity (Wildman–Crippen MR) is 141 cm³/mol. The number of rotatable bonds is 5. The Balaban J connectivity index is 1.16. The van der Waals surface area contributed by atoms with Gasteiger partial charge >= 0.3 is 0 Å². The molecule has 7 rings (SSSR count). The summed E-state index contributed by atoms with van der Waals surface area (Å²) in [7, 11) is 0. The number of benzene rings is 1. The van der Waals surface area contributed by atoms with Gasteiger partial charge in [-0.25, -0.2) is 9.50 Å². The molecule has 10 heteroatoms. The summed E-state index contributed by atoms with van der Waals surface area (Å²) in [6.45, 7) is 5.71. The molecule has 2 atom stereocenters. The molecule has 3 aliphatic rings. The van der Waals surface area contributed by atoms with Gasteiger partial charge in [0.15, 0.2) is 0 Å². The number of carbonyl (C=O) groups is 2. The molecule has 1 aliphatic heterocycles. The Kier molecular flexibility index (Phi) is 5.21. The van der Waals surface area contributed by atoms with Crippen LogP contribution in [0, 0.1) is 11.3 Å². The Hall–Kier alpha value is -3.95. The van der Waals surface area contributed by atoms with Crippen LogP contribution in [0.15, 0.2) is 43.1 Å². The van der Waals surface area contributed by atoms with E-state index in [2.05, 4.69) is 33.2 Å². The number of hydrogen-bond donors (Lipinski definition) is 1. The summed E-state index contributed by atoms with van der Waals surface area (Å²) in [6.07, 6.45) is 12.3. The van der Waals surface area contributed by atoms with E-state index in [1.807, 2.05) is 23.1 Å². The average molecular weight is 514 g/mol. The van der Waals surface area contributed by atoms with E-state index < -0.39 is 0 Å². The Morgan fingerprint density at radius 2 is 2.03 bits per heavy atom. The van der Waals surface area contributed by atoms with E-state index in [4.69, 9.17) is 9.84 Å². The Morgan fingerprint density at radius 3 is 2.79 bits per heavy atom. The maximum Gasteiger partial charge on any atom is 0.259 e. The van der Waals surface area contributed by atoms with Crippen LogP contribution >= 0.6 is 0 Å². The molecule has 4 heterocycles. The van der Waals surface area contributed by atoms with Gasteiger partial charge in [0.1, 0.15) is 12.1 Å². The van der Waals surface area contributed by atoms with Gasteiger partial charge in [-0.1, -0.05) is 6.92 Å². The third-order valence-electron chi connectivity index (χ3n) is 8.48. The number of hydrogen-bond acceptors (Lipinski definition) is 6. The molecule has 196 valence electrons. The molecule has 0 unspecified atom stereocenters. The second kappa shape index (κ2) is 8.54. The van der Waals surface area contributed by atoms with Crippen molar-refractivity contribution in [3.63, 3.8) is 0 Å². The molecule has 2 saturated carbocycles. The highest BCUT2D eigenvalue weighted by Gasteiger charge is 2.48. The second-order valence-corrected chi connectivity index (χ2v) is 11.4. The van der Waals surface area contributed by atoms with Crippen LogP contribution in [0.2, 0.25) is 0 Å². The molecule has 1 spiro atoms. The average Bonchev–Trinajstić information content (AvgIpc) is 3.46. The van der Waals surface area contributed by atoms with E-state index in [0.717, 1.165) is 61.6 Å². The minimum atomic E-state index is -0.241. The zero-order chi connectivity index (χ0) is 26.0. The number of fused-ring (bicyclic) bond motifs is 2. The van der Waals surface area contributed by atoms with Crippen molar-refractivity contribution in [2.45, 2.75) is 58.1 Å². The number of aromatic nitrogens is 5. The van der Waals surface area contributed by atoms with Crippen LogP contribution in [0.5, 0.6) is 5.75 Å². The Bertz CT molecular complexity index is 1560. The predicted octanol–water partition coefficient (Wildman–Crippen LogP) is 4.08. The summed E-state index contributed by atoms with van der Waals surface area (Å²) in [6, 6.07) is 5.90. The number of carbonyl (C=O) groups excluding carboxylic acids is 2. The highest BCUT2D eigenvalue weighted by Crippen LogP contribution is 2.49. The van der Waals surface area contributed by atoms with Gasteiger partial charge in [0.05, 0.1) is 40.6 Å². The molecule has 3 fully saturated rings. The number of anilines is 1. The lowest BCUT2D eigenvalue weighted by atomic mass is 9.64. The SMILES string of the molecule is CC(=O)N1CC2(CC[C@@H](n3cc4cc(C(=O)Nc5cnn6cnccc56)c(OC5CC5)cc4n3)[C@@H](C)C2)C1. The first-order chi connectivity index (χ1) is 18.4. The van der Waals surface area contributed by atoms with Crippen LogP contribution in [0.3, 0.4) is 0 Å². The number of nitrogens with one attached hydrogen (secondary N) is 1. The molecule has 2 aliphatic carbocycles. The second-order valence-electron chi connectivity index (χ2n) is 11.4. The molecule has 1 N–H and O–H groups in total. The smallest absolute Gasteiger partial charge is 0.259 e. The third kappa shape index (κ3) is 3.99. The van der Waals surface area contributed by atoms with E-state index in [-0.39, 0.29) is 29.4 Å². The molecular weight excluding hydrogens is 482 g/mol. The monoisotopic (exact) mass is 513 g/mol. The van der Waals surface area contributed by atoms with E-state index in [1.54, 1.807) is 30.2 Å².